The Morgan fingerprint density at radius 3 is 2.68 bits per heavy atom. The Bertz CT molecular complexity index is 385. The minimum absolute atomic E-state index is 0.236. The van der Waals surface area contributed by atoms with Crippen LogP contribution in [-0.4, -0.2) is 32.0 Å². The van der Waals surface area contributed by atoms with Gasteiger partial charge in [-0.1, -0.05) is 11.6 Å². The van der Waals surface area contributed by atoms with Gasteiger partial charge in [-0.25, -0.2) is 0 Å². The van der Waals surface area contributed by atoms with Crippen molar-refractivity contribution in [2.24, 2.45) is 0 Å². The van der Waals surface area contributed by atoms with Gasteiger partial charge in [-0.3, -0.25) is 0 Å². The lowest BCUT2D eigenvalue weighted by molar-refractivity contribution is 0.283. The van der Waals surface area contributed by atoms with Crippen LogP contribution in [0.2, 0.25) is 5.02 Å². The molecule has 0 aliphatic heterocycles. The highest BCUT2D eigenvalue weighted by Crippen LogP contribution is 2.33. The van der Waals surface area contributed by atoms with Crippen molar-refractivity contribution in [3.8, 4) is 11.5 Å². The predicted octanol–water partition coefficient (Wildman–Crippen LogP) is 2.61. The van der Waals surface area contributed by atoms with E-state index in [1.807, 2.05) is 13.0 Å². The standard InChI is InChI=1S/C14H22ClNO3/c1-3-19-14-8-11(10-16-6-4-5-7-17)12(15)9-13(14)18-2/h8-9,16-17H,3-7,10H2,1-2H3. The minimum atomic E-state index is 0.236. The molecule has 0 amide bonds. The summed E-state index contributed by atoms with van der Waals surface area (Å²) < 4.78 is 10.8. The Morgan fingerprint density at radius 1 is 1.26 bits per heavy atom. The molecule has 0 aliphatic carbocycles. The van der Waals surface area contributed by atoms with Gasteiger partial charge < -0.3 is 19.9 Å². The number of aliphatic hydroxyl groups is 1. The van der Waals surface area contributed by atoms with E-state index in [0.717, 1.165) is 24.9 Å². The van der Waals surface area contributed by atoms with Gasteiger partial charge in [0.2, 0.25) is 0 Å². The molecule has 0 atom stereocenters. The van der Waals surface area contributed by atoms with Gasteiger partial charge in [0.1, 0.15) is 0 Å². The van der Waals surface area contributed by atoms with E-state index in [2.05, 4.69) is 5.32 Å². The molecule has 0 fully saturated rings. The molecule has 0 aromatic heterocycles. The van der Waals surface area contributed by atoms with Crippen LogP contribution >= 0.6 is 11.6 Å². The minimum Gasteiger partial charge on any atom is -0.493 e. The highest BCUT2D eigenvalue weighted by molar-refractivity contribution is 6.31. The molecular formula is C14H22ClNO3. The van der Waals surface area contributed by atoms with Crippen molar-refractivity contribution in [3.05, 3.63) is 22.7 Å². The summed E-state index contributed by atoms with van der Waals surface area (Å²) in [6, 6.07) is 3.68. The fourth-order valence-electron chi connectivity index (χ4n) is 1.73. The molecule has 0 aliphatic rings. The van der Waals surface area contributed by atoms with Gasteiger partial charge >= 0.3 is 0 Å². The van der Waals surface area contributed by atoms with Gasteiger partial charge in [0, 0.05) is 24.2 Å². The molecule has 0 radical (unpaired) electrons. The molecule has 1 rings (SSSR count). The second-order valence-electron chi connectivity index (χ2n) is 4.13. The van der Waals surface area contributed by atoms with Crippen molar-refractivity contribution in [2.75, 3.05) is 26.9 Å². The molecule has 4 nitrogen and oxygen atoms in total. The zero-order valence-electron chi connectivity index (χ0n) is 11.5. The Balaban J connectivity index is 2.64. The third-order valence-electron chi connectivity index (χ3n) is 2.71. The molecule has 1 aromatic carbocycles. The van der Waals surface area contributed by atoms with Crippen molar-refractivity contribution >= 4 is 11.6 Å². The van der Waals surface area contributed by atoms with Crippen molar-refractivity contribution in [2.45, 2.75) is 26.3 Å². The normalized spacial score (nSPS) is 10.5. The summed E-state index contributed by atoms with van der Waals surface area (Å²) in [6.07, 6.45) is 1.76. The Kier molecular flexibility index (Phi) is 7.63. The number of hydrogen-bond acceptors (Lipinski definition) is 4. The van der Waals surface area contributed by atoms with Crippen molar-refractivity contribution in [1.82, 2.24) is 5.32 Å². The SMILES string of the molecule is CCOc1cc(CNCCCCO)c(Cl)cc1OC. The van der Waals surface area contributed by atoms with E-state index in [-0.39, 0.29) is 6.61 Å². The molecule has 0 saturated carbocycles. The second kappa shape index (κ2) is 9.02. The first kappa shape index (κ1) is 16.1. The third kappa shape index (κ3) is 5.27. The molecule has 0 unspecified atom stereocenters. The van der Waals surface area contributed by atoms with Gasteiger partial charge in [-0.2, -0.15) is 0 Å². The molecule has 108 valence electrons. The van der Waals surface area contributed by atoms with E-state index in [9.17, 15) is 0 Å². The largest absolute Gasteiger partial charge is 0.493 e. The molecule has 0 heterocycles. The maximum absolute atomic E-state index is 8.70. The zero-order chi connectivity index (χ0) is 14.1. The van der Waals surface area contributed by atoms with Crippen LogP contribution in [0.15, 0.2) is 12.1 Å². The van der Waals surface area contributed by atoms with Gasteiger partial charge in [0.25, 0.3) is 0 Å². The zero-order valence-corrected chi connectivity index (χ0v) is 12.3. The molecule has 5 heteroatoms. The Hall–Kier alpha value is -0.970. The molecule has 0 spiro atoms. The highest BCUT2D eigenvalue weighted by atomic mass is 35.5. The van der Waals surface area contributed by atoms with Gasteiger partial charge in [-0.05, 0) is 37.9 Å². The van der Waals surface area contributed by atoms with E-state index in [0.29, 0.717) is 29.7 Å². The molecule has 1 aromatic rings. The molecule has 19 heavy (non-hydrogen) atoms. The van der Waals surface area contributed by atoms with E-state index in [4.69, 9.17) is 26.2 Å². The van der Waals surface area contributed by atoms with E-state index >= 15 is 0 Å². The number of benzene rings is 1. The van der Waals surface area contributed by atoms with Crippen LogP contribution in [0, 0.1) is 0 Å². The average Bonchev–Trinajstić information content (AvgIpc) is 2.41. The van der Waals surface area contributed by atoms with Crippen LogP contribution in [0.5, 0.6) is 11.5 Å². The summed E-state index contributed by atoms with van der Waals surface area (Å²) in [6.45, 7) is 4.28. The van der Waals surface area contributed by atoms with Gasteiger partial charge in [-0.15, -0.1) is 0 Å². The van der Waals surface area contributed by atoms with Crippen LogP contribution in [0.4, 0.5) is 0 Å². The smallest absolute Gasteiger partial charge is 0.162 e. The quantitative estimate of drug-likeness (QED) is 0.686. The van der Waals surface area contributed by atoms with Crippen LogP contribution < -0.4 is 14.8 Å². The lowest BCUT2D eigenvalue weighted by atomic mass is 10.2. The third-order valence-corrected chi connectivity index (χ3v) is 3.06. The first-order valence-corrected chi connectivity index (χ1v) is 6.91. The number of unbranched alkanes of at least 4 members (excludes halogenated alkanes) is 1. The summed E-state index contributed by atoms with van der Waals surface area (Å²) in [7, 11) is 1.60. The van der Waals surface area contributed by atoms with Crippen LogP contribution in [-0.2, 0) is 6.54 Å². The predicted molar refractivity (Wildman–Crippen MR) is 77.2 cm³/mol. The molecule has 2 N–H and O–H groups in total. The topological polar surface area (TPSA) is 50.7 Å². The fraction of sp³-hybridized carbons (Fsp3) is 0.571. The molecule has 0 saturated heterocycles. The van der Waals surface area contributed by atoms with Gasteiger partial charge in [0.05, 0.1) is 13.7 Å². The molecular weight excluding hydrogens is 266 g/mol. The van der Waals surface area contributed by atoms with E-state index in [1.54, 1.807) is 13.2 Å². The van der Waals surface area contributed by atoms with Crippen molar-refractivity contribution in [3.63, 3.8) is 0 Å². The second-order valence-corrected chi connectivity index (χ2v) is 4.54. The fourth-order valence-corrected chi connectivity index (χ4v) is 1.95. The molecule has 0 bridgehead atoms. The maximum Gasteiger partial charge on any atom is 0.162 e. The Labute approximate surface area is 119 Å². The number of hydrogen-bond donors (Lipinski definition) is 2. The lowest BCUT2D eigenvalue weighted by Crippen LogP contribution is -2.15. The maximum atomic E-state index is 8.70. The number of ether oxygens (including phenoxy) is 2. The van der Waals surface area contributed by atoms with Crippen LogP contribution in [0.25, 0.3) is 0 Å². The summed E-state index contributed by atoms with van der Waals surface area (Å²) in [4.78, 5) is 0. The summed E-state index contributed by atoms with van der Waals surface area (Å²) in [5.41, 5.74) is 0.981. The number of aliphatic hydroxyl groups excluding tert-OH is 1. The summed E-state index contributed by atoms with van der Waals surface area (Å²) in [5.74, 6) is 1.36. The lowest BCUT2D eigenvalue weighted by Gasteiger charge is -2.13. The van der Waals surface area contributed by atoms with Crippen LogP contribution in [0.1, 0.15) is 25.3 Å². The Morgan fingerprint density at radius 2 is 2.05 bits per heavy atom. The highest BCUT2D eigenvalue weighted by Gasteiger charge is 2.09. The van der Waals surface area contributed by atoms with E-state index in [1.165, 1.54) is 0 Å². The number of methoxy groups -OCH3 is 1. The van der Waals surface area contributed by atoms with Crippen molar-refractivity contribution in [1.29, 1.82) is 0 Å². The number of rotatable bonds is 9. The van der Waals surface area contributed by atoms with Gasteiger partial charge in [0.15, 0.2) is 11.5 Å². The first-order chi connectivity index (χ1) is 9.22. The first-order valence-electron chi connectivity index (χ1n) is 6.53. The average molecular weight is 288 g/mol. The van der Waals surface area contributed by atoms with E-state index < -0.39 is 0 Å². The summed E-state index contributed by atoms with van der Waals surface area (Å²) in [5, 5.41) is 12.7. The monoisotopic (exact) mass is 287 g/mol. The number of nitrogens with one attached hydrogen (secondary N) is 1. The van der Waals surface area contributed by atoms with Crippen molar-refractivity contribution < 1.29 is 14.6 Å². The number of halogens is 1. The summed E-state index contributed by atoms with van der Waals surface area (Å²) >= 11 is 6.20. The van der Waals surface area contributed by atoms with Crippen LogP contribution in [0.3, 0.4) is 0 Å².